The van der Waals surface area contributed by atoms with Crippen LogP contribution in [0.2, 0.25) is 0 Å². The van der Waals surface area contributed by atoms with Gasteiger partial charge in [0.25, 0.3) is 0 Å². The zero-order valence-corrected chi connectivity index (χ0v) is 26.8. The largest absolute Gasteiger partial charge is 0.484 e. The number of nitrogens with one attached hydrogen (secondary N) is 1. The first-order valence-corrected chi connectivity index (χ1v) is 15.6. The van der Waals surface area contributed by atoms with Crippen LogP contribution in [-0.4, -0.2) is 49.9 Å². The molecule has 6 rings (SSSR count). The molecule has 1 fully saturated rings. The first kappa shape index (κ1) is 33.9. The molecule has 2 aromatic rings. The lowest BCUT2D eigenvalue weighted by Gasteiger charge is -2.24. The average Bonchev–Trinajstić information content (AvgIpc) is 3.26. The lowest BCUT2D eigenvalue weighted by atomic mass is 9.85. The number of fused-ring (bicyclic) bond motifs is 3. The average molecular weight is 705 g/mol. The van der Waals surface area contributed by atoms with E-state index in [9.17, 15) is 14.4 Å². The molecule has 0 spiro atoms. The Balaban J connectivity index is 0.000000179. The van der Waals surface area contributed by atoms with Crippen LogP contribution in [0.25, 0.3) is 6.08 Å². The van der Waals surface area contributed by atoms with Gasteiger partial charge in [0.05, 0.1) is 25.1 Å². The minimum absolute atomic E-state index is 0. The minimum atomic E-state index is -0.557. The summed E-state index contributed by atoms with van der Waals surface area (Å²) in [6.45, 7) is 6.39. The van der Waals surface area contributed by atoms with E-state index in [4.69, 9.17) is 4.74 Å². The molecule has 1 N–H and O–H groups in total. The van der Waals surface area contributed by atoms with E-state index in [1.54, 1.807) is 25.3 Å². The van der Waals surface area contributed by atoms with Crippen LogP contribution in [0, 0.1) is 11.8 Å². The molecule has 0 bridgehead atoms. The molecule has 9 heteroatoms. The van der Waals surface area contributed by atoms with Crippen LogP contribution in [0.3, 0.4) is 0 Å². The van der Waals surface area contributed by atoms with E-state index in [1.807, 2.05) is 18.2 Å². The predicted octanol–water partition coefficient (Wildman–Crippen LogP) is 7.59. The lowest BCUT2D eigenvalue weighted by molar-refractivity contribution is -0.137. The van der Waals surface area contributed by atoms with Gasteiger partial charge in [-0.05, 0) is 97.2 Å². The van der Waals surface area contributed by atoms with E-state index < -0.39 is 11.9 Å². The third-order valence-corrected chi connectivity index (χ3v) is 8.66. The van der Waals surface area contributed by atoms with Crippen LogP contribution in [0.15, 0.2) is 55.9 Å². The van der Waals surface area contributed by atoms with E-state index in [0.717, 1.165) is 69.8 Å². The molecule has 1 aliphatic carbocycles. The van der Waals surface area contributed by atoms with Crippen LogP contribution in [0.5, 0.6) is 0 Å². The van der Waals surface area contributed by atoms with Gasteiger partial charge in [0, 0.05) is 27.5 Å². The van der Waals surface area contributed by atoms with Gasteiger partial charge in [-0.25, -0.2) is 4.79 Å². The molecule has 0 amide bonds. The highest BCUT2D eigenvalue weighted by Crippen LogP contribution is 2.31. The highest BCUT2D eigenvalue weighted by molar-refractivity contribution is 9.10. The molecule has 3 unspecified atom stereocenters. The third kappa shape index (κ3) is 8.94. The maximum absolute atomic E-state index is 12.5. The molecule has 7 nitrogen and oxygen atoms in total. The SMILES string of the molecule is C.CC1CCC2=Cc3cc(Br)ccc3C(=O)C2NC1.COC1=NCCC(C)CC1.O=C1Cc2cc(Br)ccc2C(=O)O1. The summed E-state index contributed by atoms with van der Waals surface area (Å²) in [6, 6.07) is 11.0. The first-order valence-electron chi connectivity index (χ1n) is 14.0. The van der Waals surface area contributed by atoms with E-state index in [2.05, 4.69) is 66.8 Å². The molecule has 2 aromatic carbocycles. The number of carbonyl (C=O) groups excluding carboxylic acids is 3. The third-order valence-electron chi connectivity index (χ3n) is 7.67. The number of hydrogen-bond acceptors (Lipinski definition) is 7. The summed E-state index contributed by atoms with van der Waals surface area (Å²) in [6.07, 6.45) is 8.01. The number of aliphatic imine (C=N–C) groups is 1. The number of methoxy groups -OCH3 is 1. The molecule has 0 saturated carbocycles. The lowest BCUT2D eigenvalue weighted by Crippen LogP contribution is -2.40. The summed E-state index contributed by atoms with van der Waals surface area (Å²) in [4.78, 5) is 38.8. The fourth-order valence-electron chi connectivity index (χ4n) is 5.19. The number of cyclic esters (lactones) is 2. The van der Waals surface area contributed by atoms with Gasteiger partial charge in [0.1, 0.15) is 0 Å². The number of Topliss-reactive ketones (excluding diaryl/α,β-unsaturated/α-hetero) is 1. The normalized spacial score (nSPS) is 22.7. The number of halogens is 2. The van der Waals surface area contributed by atoms with Crippen molar-refractivity contribution in [3.05, 3.63) is 73.2 Å². The molecule has 3 atom stereocenters. The van der Waals surface area contributed by atoms with E-state index in [-0.39, 0.29) is 25.7 Å². The summed E-state index contributed by atoms with van der Waals surface area (Å²) in [5.74, 6) is 1.57. The zero-order chi connectivity index (χ0) is 29.5. The molecule has 3 aliphatic heterocycles. The molecule has 226 valence electrons. The van der Waals surface area contributed by atoms with Crippen molar-refractivity contribution in [1.82, 2.24) is 5.32 Å². The molecule has 3 heterocycles. The van der Waals surface area contributed by atoms with Crippen molar-refractivity contribution in [2.24, 2.45) is 16.8 Å². The van der Waals surface area contributed by atoms with Crippen LogP contribution >= 0.6 is 31.9 Å². The number of carbonyl (C=O) groups is 3. The van der Waals surface area contributed by atoms with Crippen molar-refractivity contribution in [2.45, 2.75) is 65.8 Å². The Bertz CT molecular complexity index is 1370. The van der Waals surface area contributed by atoms with Crippen LogP contribution in [0.1, 0.15) is 85.2 Å². The second-order valence-electron chi connectivity index (χ2n) is 11.0. The predicted molar refractivity (Wildman–Crippen MR) is 174 cm³/mol. The smallest absolute Gasteiger partial charge is 0.346 e. The molecular weight excluding hydrogens is 664 g/mol. The Kier molecular flexibility index (Phi) is 12.7. The zero-order valence-electron chi connectivity index (χ0n) is 23.7. The molecular formula is C33H40Br2N2O5. The minimum Gasteiger partial charge on any atom is -0.484 e. The molecule has 1 saturated heterocycles. The molecule has 4 aliphatic rings. The number of hydrogen-bond donors (Lipinski definition) is 1. The number of ketones is 1. The van der Waals surface area contributed by atoms with Crippen LogP contribution < -0.4 is 5.32 Å². The number of nitrogens with zero attached hydrogens (tertiary/aromatic N) is 1. The van der Waals surface area contributed by atoms with Gasteiger partial charge in [-0.3, -0.25) is 14.6 Å². The van der Waals surface area contributed by atoms with Crippen LogP contribution in [-0.2, 0) is 20.7 Å². The number of ether oxygens (including phenoxy) is 2. The topological polar surface area (TPSA) is 94.1 Å². The summed E-state index contributed by atoms with van der Waals surface area (Å²) < 4.78 is 11.4. The molecule has 42 heavy (non-hydrogen) atoms. The number of benzene rings is 2. The number of rotatable bonds is 0. The van der Waals surface area contributed by atoms with Gasteiger partial charge in [-0.15, -0.1) is 0 Å². The highest BCUT2D eigenvalue weighted by Gasteiger charge is 2.31. The monoisotopic (exact) mass is 702 g/mol. The van der Waals surface area contributed by atoms with Gasteiger partial charge in [-0.2, -0.15) is 0 Å². The van der Waals surface area contributed by atoms with E-state index >= 15 is 0 Å². The second kappa shape index (κ2) is 15.7. The second-order valence-corrected chi connectivity index (χ2v) is 12.8. The first-order chi connectivity index (χ1) is 19.6. The summed E-state index contributed by atoms with van der Waals surface area (Å²) >= 11 is 6.73. The summed E-state index contributed by atoms with van der Waals surface area (Å²) in [5, 5.41) is 3.41. The van der Waals surface area contributed by atoms with Crippen molar-refractivity contribution >= 4 is 61.6 Å². The summed E-state index contributed by atoms with van der Waals surface area (Å²) in [7, 11) is 1.70. The van der Waals surface area contributed by atoms with Crippen molar-refractivity contribution in [3.8, 4) is 0 Å². The Labute approximate surface area is 265 Å². The molecule has 0 aromatic heterocycles. The fraction of sp³-hybridized carbons (Fsp3) is 0.455. The van der Waals surface area contributed by atoms with E-state index in [1.165, 1.54) is 18.4 Å². The Morgan fingerprint density at radius 3 is 2.36 bits per heavy atom. The fourth-order valence-corrected chi connectivity index (χ4v) is 5.97. The van der Waals surface area contributed by atoms with Crippen molar-refractivity contribution < 1.29 is 23.9 Å². The van der Waals surface area contributed by atoms with Gasteiger partial charge in [0.2, 0.25) is 0 Å². The van der Waals surface area contributed by atoms with Gasteiger partial charge >= 0.3 is 11.9 Å². The Morgan fingerprint density at radius 1 is 0.929 bits per heavy atom. The quantitative estimate of drug-likeness (QED) is 0.225. The molecule has 0 radical (unpaired) electrons. The van der Waals surface area contributed by atoms with Crippen molar-refractivity contribution in [2.75, 3.05) is 20.2 Å². The maximum Gasteiger partial charge on any atom is 0.346 e. The maximum atomic E-state index is 12.5. The van der Waals surface area contributed by atoms with Gasteiger partial charge < -0.3 is 14.8 Å². The van der Waals surface area contributed by atoms with Crippen molar-refractivity contribution in [3.63, 3.8) is 0 Å². The van der Waals surface area contributed by atoms with Crippen LogP contribution in [0.4, 0.5) is 0 Å². The van der Waals surface area contributed by atoms with Gasteiger partial charge in [0.15, 0.2) is 11.7 Å². The summed E-state index contributed by atoms with van der Waals surface area (Å²) in [5.41, 5.74) is 4.33. The van der Waals surface area contributed by atoms with E-state index in [0.29, 0.717) is 11.5 Å². The Morgan fingerprint density at radius 2 is 1.62 bits per heavy atom. The Hall–Kier alpha value is -2.62. The van der Waals surface area contributed by atoms with Crippen molar-refractivity contribution in [1.29, 1.82) is 0 Å². The number of esters is 2. The standard InChI is InChI=1S/C15H16BrNO.C9H5BrO3.C8H15NO.CH4/c1-9-2-3-10-6-11-7-12(16)4-5-13(11)15(18)14(10)17-8-9;10-6-1-2-7-5(3-6)4-8(11)13-9(7)12;1-7-3-4-8(10-2)9-6-5-7;/h4-7,9,14,17H,2-3,8H2,1H3;1-3H,4H2;7H,3-6H2,1-2H3;1H4. The highest BCUT2D eigenvalue weighted by atomic mass is 79.9. The van der Waals surface area contributed by atoms with Gasteiger partial charge in [-0.1, -0.05) is 59.2 Å².